The first kappa shape index (κ1) is 15.3. The van der Waals surface area contributed by atoms with Crippen LogP contribution in [0.1, 0.15) is 53.9 Å². The minimum atomic E-state index is 0.723. The van der Waals surface area contributed by atoms with Gasteiger partial charge in [0.05, 0.1) is 0 Å². The highest BCUT2D eigenvalue weighted by molar-refractivity contribution is 7.99. The molecule has 0 aromatic rings. The van der Waals surface area contributed by atoms with E-state index in [1.807, 2.05) is 0 Å². The molecule has 0 radical (unpaired) electrons. The number of hydrogen-bond donors (Lipinski definition) is 1. The van der Waals surface area contributed by atoms with Gasteiger partial charge >= 0.3 is 0 Å². The van der Waals surface area contributed by atoms with Crippen molar-refractivity contribution in [2.75, 3.05) is 12.3 Å². The van der Waals surface area contributed by atoms with Crippen LogP contribution in [-0.4, -0.2) is 23.6 Å². The molecule has 2 heteroatoms. The van der Waals surface area contributed by atoms with Crippen LogP contribution in [0.25, 0.3) is 0 Å². The summed E-state index contributed by atoms with van der Waals surface area (Å²) >= 11 is 2.08. The van der Waals surface area contributed by atoms with Crippen molar-refractivity contribution < 1.29 is 0 Å². The summed E-state index contributed by atoms with van der Waals surface area (Å²) < 4.78 is 0. The van der Waals surface area contributed by atoms with E-state index >= 15 is 0 Å². The molecule has 0 aromatic carbocycles. The Labute approximate surface area is 101 Å². The highest BCUT2D eigenvalue weighted by Crippen LogP contribution is 2.15. The smallest absolute Gasteiger partial charge is 0.0158 e. The van der Waals surface area contributed by atoms with Crippen molar-refractivity contribution >= 4 is 11.8 Å². The van der Waals surface area contributed by atoms with Crippen LogP contribution < -0.4 is 5.32 Å². The van der Waals surface area contributed by atoms with Crippen molar-refractivity contribution in [2.45, 2.75) is 65.2 Å². The molecule has 0 aliphatic rings. The fourth-order valence-corrected chi connectivity index (χ4v) is 2.52. The lowest BCUT2D eigenvalue weighted by Crippen LogP contribution is -2.31. The summed E-state index contributed by atoms with van der Waals surface area (Å²) in [7, 11) is 0. The van der Waals surface area contributed by atoms with E-state index in [2.05, 4.69) is 51.7 Å². The molecule has 1 unspecified atom stereocenters. The molecule has 0 aliphatic heterocycles. The molecular weight excluding hydrogens is 202 g/mol. The van der Waals surface area contributed by atoms with Gasteiger partial charge in [-0.15, -0.1) is 0 Å². The third-order valence-electron chi connectivity index (χ3n) is 2.46. The van der Waals surface area contributed by atoms with Gasteiger partial charge in [-0.3, -0.25) is 0 Å². The zero-order valence-corrected chi connectivity index (χ0v) is 12.0. The van der Waals surface area contributed by atoms with Crippen LogP contribution >= 0.6 is 11.8 Å². The average Bonchev–Trinajstić information content (AvgIpc) is 2.13. The Morgan fingerprint density at radius 2 is 1.73 bits per heavy atom. The second-order valence-electron chi connectivity index (χ2n) is 4.96. The molecule has 1 atom stereocenters. The summed E-state index contributed by atoms with van der Waals surface area (Å²) in [5, 5.41) is 4.35. The number of hydrogen-bond acceptors (Lipinski definition) is 2. The predicted molar refractivity (Wildman–Crippen MR) is 73.7 cm³/mol. The SMILES string of the molecule is CCNC(CCCC(C)C)CSC(C)C. The fourth-order valence-electron chi connectivity index (χ4n) is 1.61. The summed E-state index contributed by atoms with van der Waals surface area (Å²) in [6, 6.07) is 0.723. The van der Waals surface area contributed by atoms with E-state index in [-0.39, 0.29) is 0 Å². The molecule has 0 amide bonds. The quantitative estimate of drug-likeness (QED) is 0.645. The molecule has 0 fully saturated rings. The van der Waals surface area contributed by atoms with Crippen molar-refractivity contribution in [1.82, 2.24) is 5.32 Å². The zero-order chi connectivity index (χ0) is 11.7. The van der Waals surface area contributed by atoms with Crippen molar-refractivity contribution in [3.63, 3.8) is 0 Å². The largest absolute Gasteiger partial charge is 0.313 e. The highest BCUT2D eigenvalue weighted by Gasteiger charge is 2.08. The monoisotopic (exact) mass is 231 g/mol. The fraction of sp³-hybridized carbons (Fsp3) is 1.00. The van der Waals surface area contributed by atoms with Crippen LogP contribution in [0.4, 0.5) is 0 Å². The molecule has 0 heterocycles. The molecule has 0 saturated carbocycles. The molecule has 0 spiro atoms. The van der Waals surface area contributed by atoms with Gasteiger partial charge in [0.2, 0.25) is 0 Å². The molecular formula is C13H29NS. The van der Waals surface area contributed by atoms with Crippen molar-refractivity contribution in [2.24, 2.45) is 5.92 Å². The van der Waals surface area contributed by atoms with Crippen LogP contribution in [0.5, 0.6) is 0 Å². The summed E-state index contributed by atoms with van der Waals surface area (Å²) in [4.78, 5) is 0. The number of thioether (sulfide) groups is 1. The average molecular weight is 231 g/mol. The molecule has 0 aliphatic carbocycles. The van der Waals surface area contributed by atoms with E-state index in [0.29, 0.717) is 0 Å². The van der Waals surface area contributed by atoms with Gasteiger partial charge in [-0.1, -0.05) is 47.5 Å². The zero-order valence-electron chi connectivity index (χ0n) is 11.2. The van der Waals surface area contributed by atoms with Gasteiger partial charge in [0.1, 0.15) is 0 Å². The molecule has 0 bridgehead atoms. The van der Waals surface area contributed by atoms with E-state index in [1.54, 1.807) is 0 Å². The van der Waals surface area contributed by atoms with E-state index in [0.717, 1.165) is 23.8 Å². The standard InChI is InChI=1S/C13H29NS/c1-6-14-13(10-15-12(4)5)9-7-8-11(2)3/h11-14H,6-10H2,1-5H3. The second-order valence-corrected chi connectivity index (χ2v) is 6.57. The predicted octanol–water partition coefficient (Wildman–Crippen LogP) is 3.93. The van der Waals surface area contributed by atoms with Crippen LogP contribution in [-0.2, 0) is 0 Å². The van der Waals surface area contributed by atoms with E-state index in [1.165, 1.54) is 25.0 Å². The first-order valence-corrected chi connectivity index (χ1v) is 7.46. The second kappa shape index (κ2) is 9.53. The Hall–Kier alpha value is 0.310. The van der Waals surface area contributed by atoms with Gasteiger partial charge in [0.15, 0.2) is 0 Å². The van der Waals surface area contributed by atoms with Crippen LogP contribution in [0.3, 0.4) is 0 Å². The van der Waals surface area contributed by atoms with Gasteiger partial charge in [-0.25, -0.2) is 0 Å². The molecule has 0 aromatic heterocycles. The Balaban J connectivity index is 3.62. The minimum Gasteiger partial charge on any atom is -0.313 e. The summed E-state index contributed by atoms with van der Waals surface area (Å²) in [6.07, 6.45) is 4.08. The minimum absolute atomic E-state index is 0.723. The van der Waals surface area contributed by atoms with Gasteiger partial charge < -0.3 is 5.32 Å². The van der Waals surface area contributed by atoms with E-state index in [4.69, 9.17) is 0 Å². The molecule has 92 valence electrons. The van der Waals surface area contributed by atoms with Crippen LogP contribution in [0, 0.1) is 5.92 Å². The van der Waals surface area contributed by atoms with Gasteiger partial charge in [0, 0.05) is 11.8 Å². The lowest BCUT2D eigenvalue weighted by molar-refractivity contribution is 0.469. The molecule has 1 nitrogen and oxygen atoms in total. The Kier molecular flexibility index (Phi) is 9.73. The van der Waals surface area contributed by atoms with Crippen molar-refractivity contribution in [1.29, 1.82) is 0 Å². The third kappa shape index (κ3) is 10.6. The normalized spacial score (nSPS) is 13.8. The van der Waals surface area contributed by atoms with Gasteiger partial charge in [-0.2, -0.15) is 11.8 Å². The molecule has 1 N–H and O–H groups in total. The summed E-state index contributed by atoms with van der Waals surface area (Å²) in [5.41, 5.74) is 0. The Morgan fingerprint density at radius 3 is 2.20 bits per heavy atom. The number of rotatable bonds is 9. The van der Waals surface area contributed by atoms with Crippen molar-refractivity contribution in [3.8, 4) is 0 Å². The van der Waals surface area contributed by atoms with Gasteiger partial charge in [0.25, 0.3) is 0 Å². The summed E-state index contributed by atoms with van der Waals surface area (Å²) in [6.45, 7) is 12.5. The van der Waals surface area contributed by atoms with Gasteiger partial charge in [-0.05, 0) is 24.1 Å². The van der Waals surface area contributed by atoms with E-state index in [9.17, 15) is 0 Å². The van der Waals surface area contributed by atoms with Crippen LogP contribution in [0.15, 0.2) is 0 Å². The lowest BCUT2D eigenvalue weighted by Gasteiger charge is -2.19. The number of nitrogens with one attached hydrogen (secondary N) is 1. The topological polar surface area (TPSA) is 12.0 Å². The maximum absolute atomic E-state index is 3.59. The highest BCUT2D eigenvalue weighted by atomic mass is 32.2. The third-order valence-corrected chi connectivity index (χ3v) is 3.72. The molecule has 0 rings (SSSR count). The van der Waals surface area contributed by atoms with Crippen molar-refractivity contribution in [3.05, 3.63) is 0 Å². The molecule has 15 heavy (non-hydrogen) atoms. The summed E-state index contributed by atoms with van der Waals surface area (Å²) in [5.74, 6) is 2.12. The maximum atomic E-state index is 3.59. The molecule has 0 saturated heterocycles. The lowest BCUT2D eigenvalue weighted by atomic mass is 10.0. The first-order valence-electron chi connectivity index (χ1n) is 6.41. The maximum Gasteiger partial charge on any atom is 0.0158 e. The van der Waals surface area contributed by atoms with Crippen LogP contribution in [0.2, 0.25) is 0 Å². The Morgan fingerprint density at radius 1 is 1.07 bits per heavy atom. The van der Waals surface area contributed by atoms with E-state index < -0.39 is 0 Å². The Bertz CT molecular complexity index is 134. The first-order chi connectivity index (χ1) is 7.06.